The van der Waals surface area contributed by atoms with Crippen LogP contribution in [0.25, 0.3) is 10.4 Å². The number of aromatic nitrogens is 3. The molecular weight excluding hydrogens is 260 g/mol. The minimum Gasteiger partial charge on any atom is -0.461 e. The number of ether oxygens (including phenoxy) is 1. The van der Waals surface area contributed by atoms with Crippen LogP contribution in [-0.4, -0.2) is 27.6 Å². The average Bonchev–Trinajstić information content (AvgIpc) is 2.84. The molecular formula is C12H12N6O2. The van der Waals surface area contributed by atoms with Crippen LogP contribution in [0.1, 0.15) is 23.0 Å². The van der Waals surface area contributed by atoms with Crippen LogP contribution in [-0.2, 0) is 11.3 Å². The number of benzene rings is 1. The lowest BCUT2D eigenvalue weighted by Crippen LogP contribution is -2.06. The van der Waals surface area contributed by atoms with Crippen molar-refractivity contribution in [2.24, 2.45) is 5.11 Å². The zero-order chi connectivity index (χ0) is 14.4. The SMILES string of the molecule is CCOC(=O)c1nnn(Cc2ccccc2)c1N=[N+]=[N-]. The lowest BCUT2D eigenvalue weighted by atomic mass is 10.2. The van der Waals surface area contributed by atoms with Gasteiger partial charge < -0.3 is 4.74 Å². The normalized spacial score (nSPS) is 9.85. The van der Waals surface area contributed by atoms with Crippen molar-refractivity contribution in [1.29, 1.82) is 0 Å². The summed E-state index contributed by atoms with van der Waals surface area (Å²) in [4.78, 5) is 14.4. The summed E-state index contributed by atoms with van der Waals surface area (Å²) in [5.41, 5.74) is 9.47. The zero-order valence-electron chi connectivity index (χ0n) is 10.8. The Labute approximate surface area is 114 Å². The Morgan fingerprint density at radius 3 is 2.85 bits per heavy atom. The molecule has 102 valence electrons. The van der Waals surface area contributed by atoms with Crippen molar-refractivity contribution in [3.05, 3.63) is 52.0 Å². The molecule has 8 nitrogen and oxygen atoms in total. The van der Waals surface area contributed by atoms with Gasteiger partial charge in [-0.1, -0.05) is 35.5 Å². The van der Waals surface area contributed by atoms with Crippen LogP contribution >= 0.6 is 0 Å². The van der Waals surface area contributed by atoms with E-state index < -0.39 is 5.97 Å². The van der Waals surface area contributed by atoms with Gasteiger partial charge in [0.25, 0.3) is 0 Å². The van der Waals surface area contributed by atoms with Gasteiger partial charge in [0, 0.05) is 4.91 Å². The largest absolute Gasteiger partial charge is 0.461 e. The standard InChI is InChI=1S/C12H12N6O2/c1-2-20-12(19)10-11(15-16-13)18(17-14-10)8-9-6-4-3-5-7-9/h3-7H,2,8H2,1H3. The van der Waals surface area contributed by atoms with Gasteiger partial charge in [-0.15, -0.1) is 5.10 Å². The predicted octanol–water partition coefficient (Wildman–Crippen LogP) is 2.44. The van der Waals surface area contributed by atoms with E-state index >= 15 is 0 Å². The van der Waals surface area contributed by atoms with Gasteiger partial charge in [-0.25, -0.2) is 9.48 Å². The maximum atomic E-state index is 11.7. The van der Waals surface area contributed by atoms with E-state index in [1.807, 2.05) is 30.3 Å². The summed E-state index contributed by atoms with van der Waals surface area (Å²) in [7, 11) is 0. The molecule has 0 atom stereocenters. The first-order valence-electron chi connectivity index (χ1n) is 5.96. The summed E-state index contributed by atoms with van der Waals surface area (Å²) in [5.74, 6) is -0.607. The molecule has 0 saturated carbocycles. The van der Waals surface area contributed by atoms with Gasteiger partial charge in [0.15, 0.2) is 11.5 Å². The van der Waals surface area contributed by atoms with E-state index in [2.05, 4.69) is 20.3 Å². The summed E-state index contributed by atoms with van der Waals surface area (Å²) >= 11 is 0. The molecule has 20 heavy (non-hydrogen) atoms. The van der Waals surface area contributed by atoms with Crippen molar-refractivity contribution < 1.29 is 9.53 Å². The molecule has 0 aliphatic heterocycles. The van der Waals surface area contributed by atoms with Crippen molar-refractivity contribution in [2.75, 3.05) is 6.61 Å². The van der Waals surface area contributed by atoms with Gasteiger partial charge in [-0.2, -0.15) is 0 Å². The smallest absolute Gasteiger partial charge is 0.361 e. The molecule has 1 aromatic carbocycles. The molecule has 0 aliphatic carbocycles. The molecule has 0 bridgehead atoms. The van der Waals surface area contributed by atoms with Crippen molar-refractivity contribution in [3.63, 3.8) is 0 Å². The van der Waals surface area contributed by atoms with Crippen LogP contribution in [0.5, 0.6) is 0 Å². The minimum atomic E-state index is -0.658. The third-order valence-electron chi connectivity index (χ3n) is 2.49. The fourth-order valence-corrected chi connectivity index (χ4v) is 1.64. The van der Waals surface area contributed by atoms with Gasteiger partial charge >= 0.3 is 5.97 Å². The average molecular weight is 272 g/mol. The number of rotatable bonds is 5. The van der Waals surface area contributed by atoms with Crippen LogP contribution < -0.4 is 0 Å². The number of hydrogen-bond donors (Lipinski definition) is 0. The molecule has 0 saturated heterocycles. The lowest BCUT2D eigenvalue weighted by molar-refractivity contribution is 0.0520. The topological polar surface area (TPSA) is 106 Å². The van der Waals surface area contributed by atoms with Crippen molar-refractivity contribution in [3.8, 4) is 0 Å². The Hall–Kier alpha value is -2.86. The molecule has 0 N–H and O–H groups in total. The van der Waals surface area contributed by atoms with E-state index in [0.29, 0.717) is 6.54 Å². The number of azide groups is 1. The molecule has 0 amide bonds. The van der Waals surface area contributed by atoms with Gasteiger partial charge in [-0.3, -0.25) is 0 Å². The summed E-state index contributed by atoms with van der Waals surface area (Å²) in [6.07, 6.45) is 0. The van der Waals surface area contributed by atoms with Crippen molar-refractivity contribution in [1.82, 2.24) is 15.0 Å². The van der Waals surface area contributed by atoms with Crippen molar-refractivity contribution >= 4 is 11.8 Å². The van der Waals surface area contributed by atoms with E-state index in [1.165, 1.54) is 4.68 Å². The highest BCUT2D eigenvalue weighted by molar-refractivity contribution is 5.91. The first-order valence-corrected chi connectivity index (χ1v) is 5.96. The number of hydrogen-bond acceptors (Lipinski definition) is 5. The zero-order valence-corrected chi connectivity index (χ0v) is 10.8. The molecule has 0 aliphatic rings. The highest BCUT2D eigenvalue weighted by atomic mass is 16.5. The van der Waals surface area contributed by atoms with Crippen LogP contribution in [0.15, 0.2) is 35.4 Å². The predicted molar refractivity (Wildman–Crippen MR) is 70.3 cm³/mol. The first-order chi connectivity index (χ1) is 9.76. The second kappa shape index (κ2) is 6.35. The fourth-order valence-electron chi connectivity index (χ4n) is 1.64. The maximum Gasteiger partial charge on any atom is 0.361 e. The van der Waals surface area contributed by atoms with E-state index in [-0.39, 0.29) is 18.1 Å². The van der Waals surface area contributed by atoms with E-state index in [9.17, 15) is 4.79 Å². The molecule has 0 fully saturated rings. The van der Waals surface area contributed by atoms with Crippen LogP contribution in [0, 0.1) is 0 Å². The quantitative estimate of drug-likeness (QED) is 0.360. The van der Waals surface area contributed by atoms with E-state index in [1.54, 1.807) is 6.92 Å². The summed E-state index contributed by atoms with van der Waals surface area (Å²) in [6, 6.07) is 9.44. The van der Waals surface area contributed by atoms with Gasteiger partial charge in [0.2, 0.25) is 0 Å². The number of carbonyl (C=O) groups excluding carboxylic acids is 1. The molecule has 2 aromatic rings. The minimum absolute atomic E-state index is 0.0507. The number of nitrogens with zero attached hydrogens (tertiary/aromatic N) is 6. The third kappa shape index (κ3) is 2.93. The summed E-state index contributed by atoms with van der Waals surface area (Å²) in [6.45, 7) is 2.24. The Kier molecular flexibility index (Phi) is 4.31. The third-order valence-corrected chi connectivity index (χ3v) is 2.49. The molecule has 1 heterocycles. The second-order valence-electron chi connectivity index (χ2n) is 3.81. The van der Waals surface area contributed by atoms with Crippen LogP contribution in [0.3, 0.4) is 0 Å². The molecule has 2 rings (SSSR count). The van der Waals surface area contributed by atoms with Crippen molar-refractivity contribution in [2.45, 2.75) is 13.5 Å². The molecule has 1 aromatic heterocycles. The molecule has 8 heteroatoms. The van der Waals surface area contributed by atoms with Crippen LogP contribution in [0.4, 0.5) is 5.82 Å². The van der Waals surface area contributed by atoms with Gasteiger partial charge in [0.05, 0.1) is 13.2 Å². The highest BCUT2D eigenvalue weighted by Crippen LogP contribution is 2.19. The number of carbonyl (C=O) groups is 1. The fraction of sp³-hybridized carbons (Fsp3) is 0.250. The van der Waals surface area contributed by atoms with Crippen LogP contribution in [0.2, 0.25) is 0 Å². The Bertz CT molecular complexity index is 645. The first kappa shape index (κ1) is 13.6. The van der Waals surface area contributed by atoms with Gasteiger partial charge in [0.1, 0.15) is 0 Å². The maximum absolute atomic E-state index is 11.7. The summed E-state index contributed by atoms with van der Waals surface area (Å²) < 4.78 is 6.20. The van der Waals surface area contributed by atoms with E-state index in [0.717, 1.165) is 5.56 Å². The summed E-state index contributed by atoms with van der Waals surface area (Å²) in [5, 5.41) is 11.0. The van der Waals surface area contributed by atoms with E-state index in [4.69, 9.17) is 10.3 Å². The van der Waals surface area contributed by atoms with Gasteiger partial charge in [-0.05, 0) is 23.1 Å². The monoisotopic (exact) mass is 272 g/mol. The lowest BCUT2D eigenvalue weighted by Gasteiger charge is -2.03. The Morgan fingerprint density at radius 1 is 1.45 bits per heavy atom. The Balaban J connectivity index is 2.34. The Morgan fingerprint density at radius 2 is 2.20 bits per heavy atom. The highest BCUT2D eigenvalue weighted by Gasteiger charge is 2.19. The second-order valence-corrected chi connectivity index (χ2v) is 3.81. The molecule has 0 unspecified atom stereocenters. The molecule has 0 spiro atoms. The molecule has 0 radical (unpaired) electrons. The number of esters is 1.